The van der Waals surface area contributed by atoms with Crippen LogP contribution in [0.3, 0.4) is 0 Å². The van der Waals surface area contributed by atoms with Gasteiger partial charge in [0.2, 0.25) is 0 Å². The molecule has 2 aromatic rings. The van der Waals surface area contributed by atoms with Crippen LogP contribution in [-0.4, -0.2) is 23.2 Å². The molecular formula is C11H11Br2N3OS. The number of nitrogens with zero attached hydrogens (tertiary/aromatic N) is 2. The van der Waals surface area contributed by atoms with E-state index in [9.17, 15) is 0 Å². The Morgan fingerprint density at radius 2 is 2.11 bits per heavy atom. The Hall–Kier alpha value is -0.240. The third-order valence-electron chi connectivity index (χ3n) is 3.03. The average Bonchev–Trinajstić information content (AvgIpc) is 2.97. The van der Waals surface area contributed by atoms with Crippen molar-refractivity contribution in [1.29, 1.82) is 0 Å². The summed E-state index contributed by atoms with van der Waals surface area (Å²) >= 11 is 8.57. The number of aromatic nitrogens is 2. The minimum absolute atomic E-state index is 0.421. The van der Waals surface area contributed by atoms with Crippen LogP contribution in [0.2, 0.25) is 0 Å². The van der Waals surface area contributed by atoms with Crippen LogP contribution >= 0.6 is 43.2 Å². The van der Waals surface area contributed by atoms with E-state index in [4.69, 9.17) is 4.52 Å². The van der Waals surface area contributed by atoms with Gasteiger partial charge in [-0.25, -0.2) is 0 Å². The summed E-state index contributed by atoms with van der Waals surface area (Å²) in [6.07, 6.45) is 2.15. The number of thiophene rings is 1. The van der Waals surface area contributed by atoms with E-state index < -0.39 is 0 Å². The van der Waals surface area contributed by atoms with Gasteiger partial charge in [0.25, 0.3) is 5.89 Å². The molecular weight excluding hydrogens is 382 g/mol. The van der Waals surface area contributed by atoms with Crippen LogP contribution in [0.5, 0.6) is 0 Å². The summed E-state index contributed by atoms with van der Waals surface area (Å²) in [4.78, 5) is 4.53. The molecule has 2 aromatic heterocycles. The molecule has 0 amide bonds. The molecule has 0 aromatic carbocycles. The summed E-state index contributed by atoms with van der Waals surface area (Å²) in [5.74, 6) is 1.85. The van der Waals surface area contributed by atoms with Crippen molar-refractivity contribution in [2.24, 2.45) is 0 Å². The quantitative estimate of drug-likeness (QED) is 0.844. The highest BCUT2D eigenvalue weighted by atomic mass is 79.9. The lowest BCUT2D eigenvalue weighted by molar-refractivity contribution is 0.392. The van der Waals surface area contributed by atoms with Crippen molar-refractivity contribution in [2.45, 2.75) is 18.8 Å². The van der Waals surface area contributed by atoms with Crippen molar-refractivity contribution in [3.05, 3.63) is 19.5 Å². The molecule has 0 bridgehead atoms. The molecule has 1 aliphatic heterocycles. The molecule has 0 spiro atoms. The average molecular weight is 393 g/mol. The van der Waals surface area contributed by atoms with Crippen molar-refractivity contribution < 1.29 is 4.52 Å². The minimum Gasteiger partial charge on any atom is -0.334 e. The molecule has 3 heterocycles. The molecule has 4 nitrogen and oxygen atoms in total. The first kappa shape index (κ1) is 12.8. The highest BCUT2D eigenvalue weighted by molar-refractivity contribution is 9.12. The highest BCUT2D eigenvalue weighted by Crippen LogP contribution is 2.38. The summed E-state index contributed by atoms with van der Waals surface area (Å²) in [6, 6.07) is 1.99. The van der Waals surface area contributed by atoms with Crippen LogP contribution in [0.15, 0.2) is 18.2 Å². The molecule has 3 rings (SSSR count). The maximum absolute atomic E-state index is 5.37. The SMILES string of the molecule is Brc1cc(-c2nc(C3CCNCC3)no2)c(Br)s1. The van der Waals surface area contributed by atoms with Crippen molar-refractivity contribution in [3.63, 3.8) is 0 Å². The van der Waals surface area contributed by atoms with E-state index in [1.807, 2.05) is 6.07 Å². The molecule has 7 heteroatoms. The summed E-state index contributed by atoms with van der Waals surface area (Å²) in [5, 5.41) is 7.46. The summed E-state index contributed by atoms with van der Waals surface area (Å²) in [5.41, 5.74) is 0.958. The van der Waals surface area contributed by atoms with E-state index in [0.29, 0.717) is 11.8 Å². The first-order chi connectivity index (χ1) is 8.74. The van der Waals surface area contributed by atoms with Crippen LogP contribution in [0.25, 0.3) is 11.5 Å². The smallest absolute Gasteiger partial charge is 0.259 e. The number of halogens is 2. The predicted octanol–water partition coefficient (Wildman–Crippen LogP) is 3.79. The Bertz CT molecular complexity index is 548. The standard InChI is InChI=1S/C11H11Br2N3OS/c12-8-5-7(9(13)18-8)11-15-10(16-17-11)6-1-3-14-4-2-6/h5-6,14H,1-4H2. The zero-order valence-corrected chi connectivity index (χ0v) is 13.4. The van der Waals surface area contributed by atoms with Gasteiger partial charge >= 0.3 is 0 Å². The van der Waals surface area contributed by atoms with Gasteiger partial charge in [0.1, 0.15) is 0 Å². The fourth-order valence-electron chi connectivity index (χ4n) is 2.08. The van der Waals surface area contributed by atoms with Gasteiger partial charge in [-0.3, -0.25) is 0 Å². The van der Waals surface area contributed by atoms with Gasteiger partial charge in [0.15, 0.2) is 5.82 Å². The molecule has 18 heavy (non-hydrogen) atoms. The molecule has 0 saturated carbocycles. The Labute approximate surface area is 125 Å². The number of hydrogen-bond donors (Lipinski definition) is 1. The summed E-state index contributed by atoms with van der Waals surface area (Å²) in [7, 11) is 0. The van der Waals surface area contributed by atoms with Crippen LogP contribution in [0.1, 0.15) is 24.6 Å². The largest absolute Gasteiger partial charge is 0.334 e. The normalized spacial score (nSPS) is 17.2. The van der Waals surface area contributed by atoms with E-state index in [1.165, 1.54) is 0 Å². The summed E-state index contributed by atoms with van der Waals surface area (Å²) in [6.45, 7) is 2.06. The van der Waals surface area contributed by atoms with Gasteiger partial charge in [-0.15, -0.1) is 11.3 Å². The van der Waals surface area contributed by atoms with Gasteiger partial charge in [-0.1, -0.05) is 5.16 Å². The molecule has 1 fully saturated rings. The lowest BCUT2D eigenvalue weighted by Gasteiger charge is -2.18. The number of nitrogens with one attached hydrogen (secondary N) is 1. The van der Waals surface area contributed by atoms with Gasteiger partial charge in [-0.05, 0) is 63.9 Å². The van der Waals surface area contributed by atoms with E-state index in [-0.39, 0.29) is 0 Å². The third-order valence-corrected chi connectivity index (χ3v) is 5.37. The molecule has 1 aliphatic rings. The van der Waals surface area contributed by atoms with E-state index >= 15 is 0 Å². The molecule has 0 unspecified atom stereocenters. The lowest BCUT2D eigenvalue weighted by Crippen LogP contribution is -2.27. The Morgan fingerprint density at radius 3 is 2.78 bits per heavy atom. The van der Waals surface area contributed by atoms with Gasteiger partial charge < -0.3 is 9.84 Å². The zero-order chi connectivity index (χ0) is 12.5. The second kappa shape index (κ2) is 5.40. The highest BCUT2D eigenvalue weighted by Gasteiger charge is 2.22. The van der Waals surface area contributed by atoms with Crippen molar-refractivity contribution >= 4 is 43.2 Å². The van der Waals surface area contributed by atoms with Gasteiger partial charge in [-0.2, -0.15) is 4.98 Å². The second-order valence-electron chi connectivity index (χ2n) is 4.22. The van der Waals surface area contributed by atoms with Crippen LogP contribution in [-0.2, 0) is 0 Å². The topological polar surface area (TPSA) is 51.0 Å². The Morgan fingerprint density at radius 1 is 1.33 bits per heavy atom. The molecule has 96 valence electrons. The minimum atomic E-state index is 0.421. The van der Waals surface area contributed by atoms with Gasteiger partial charge in [0.05, 0.1) is 13.1 Å². The molecule has 1 saturated heterocycles. The number of hydrogen-bond acceptors (Lipinski definition) is 5. The molecule has 0 radical (unpaired) electrons. The second-order valence-corrected chi connectivity index (χ2v) is 7.97. The van der Waals surface area contributed by atoms with E-state index in [2.05, 4.69) is 47.3 Å². The van der Waals surface area contributed by atoms with Crippen molar-refractivity contribution in [2.75, 3.05) is 13.1 Å². The Balaban J connectivity index is 1.86. The zero-order valence-electron chi connectivity index (χ0n) is 9.45. The lowest BCUT2D eigenvalue weighted by atomic mass is 9.98. The first-order valence-corrected chi connectivity index (χ1v) is 8.14. The van der Waals surface area contributed by atoms with Crippen molar-refractivity contribution in [3.8, 4) is 11.5 Å². The van der Waals surface area contributed by atoms with E-state index in [0.717, 1.165) is 44.9 Å². The molecule has 0 atom stereocenters. The fraction of sp³-hybridized carbons (Fsp3) is 0.455. The van der Waals surface area contributed by atoms with Crippen LogP contribution in [0, 0.1) is 0 Å². The number of rotatable bonds is 2. The number of piperidine rings is 1. The monoisotopic (exact) mass is 391 g/mol. The van der Waals surface area contributed by atoms with E-state index in [1.54, 1.807) is 11.3 Å². The van der Waals surface area contributed by atoms with Gasteiger partial charge in [0, 0.05) is 5.92 Å². The first-order valence-electron chi connectivity index (χ1n) is 5.73. The fourth-order valence-corrected chi connectivity index (χ4v) is 4.85. The third kappa shape index (κ3) is 2.54. The molecule has 1 N–H and O–H groups in total. The van der Waals surface area contributed by atoms with Crippen molar-refractivity contribution in [1.82, 2.24) is 15.5 Å². The summed E-state index contributed by atoms with van der Waals surface area (Å²) < 4.78 is 7.43. The van der Waals surface area contributed by atoms with Crippen LogP contribution in [0.4, 0.5) is 0 Å². The van der Waals surface area contributed by atoms with Crippen LogP contribution < -0.4 is 5.32 Å². The molecule has 0 aliphatic carbocycles. The predicted molar refractivity (Wildman–Crippen MR) is 77.9 cm³/mol. The Kier molecular flexibility index (Phi) is 3.83. The maximum atomic E-state index is 5.37. The maximum Gasteiger partial charge on any atom is 0.259 e.